The number of carbonyl (C=O) groups excluding carboxylic acids is 1. The van der Waals surface area contributed by atoms with E-state index in [1.165, 1.54) is 24.5 Å². The van der Waals surface area contributed by atoms with Gasteiger partial charge in [0.2, 0.25) is 10.0 Å². The molecule has 0 bridgehead atoms. The molecule has 12 heteroatoms. The van der Waals surface area contributed by atoms with Gasteiger partial charge in [0, 0.05) is 51.4 Å². The molecule has 0 radical (unpaired) electrons. The molecule has 43 heavy (non-hydrogen) atoms. The van der Waals surface area contributed by atoms with Crippen LogP contribution in [0.2, 0.25) is 0 Å². The first kappa shape index (κ1) is 31.6. The second-order valence-electron chi connectivity index (χ2n) is 12.7. The smallest absolute Gasteiger partial charge is 0.257 e. The Hall–Kier alpha value is -2.83. The van der Waals surface area contributed by atoms with Crippen LogP contribution in [0, 0.1) is 17.2 Å². The van der Waals surface area contributed by atoms with E-state index in [0.29, 0.717) is 29.4 Å². The summed E-state index contributed by atoms with van der Waals surface area (Å²) in [6.07, 6.45) is 8.10. The third-order valence-corrected chi connectivity index (χ3v) is 10.7. The van der Waals surface area contributed by atoms with Gasteiger partial charge in [-0.3, -0.25) is 4.79 Å². The molecule has 2 saturated heterocycles. The molecular weight excluding hydrogens is 571 g/mol. The van der Waals surface area contributed by atoms with Crippen molar-refractivity contribution in [1.29, 1.82) is 0 Å². The van der Waals surface area contributed by atoms with Gasteiger partial charge in [-0.2, -0.15) is 0 Å². The van der Waals surface area contributed by atoms with Gasteiger partial charge in [0.15, 0.2) is 11.6 Å². The highest BCUT2D eigenvalue weighted by atomic mass is 32.2. The zero-order valence-electron chi connectivity index (χ0n) is 25.8. The van der Waals surface area contributed by atoms with Crippen molar-refractivity contribution in [3.05, 3.63) is 42.1 Å². The van der Waals surface area contributed by atoms with Gasteiger partial charge in [0.25, 0.3) is 5.91 Å². The highest BCUT2D eigenvalue weighted by Gasteiger charge is 2.46. The first-order chi connectivity index (χ1) is 20.5. The number of nitrogens with one attached hydrogen (secondary N) is 1. The Kier molecular flexibility index (Phi) is 9.58. The number of anilines is 1. The van der Waals surface area contributed by atoms with Crippen LogP contribution >= 0.6 is 0 Å². The van der Waals surface area contributed by atoms with E-state index < -0.39 is 15.8 Å². The number of halogens is 1. The first-order valence-corrected chi connectivity index (χ1v) is 17.2. The normalized spacial score (nSPS) is 20.9. The van der Waals surface area contributed by atoms with E-state index >= 15 is 0 Å². The van der Waals surface area contributed by atoms with Crippen LogP contribution in [0.1, 0.15) is 70.2 Å². The average Bonchev–Trinajstić information content (AvgIpc) is 3.43. The largest absolute Gasteiger partial charge is 0.451 e. The highest BCUT2D eigenvalue weighted by Crippen LogP contribution is 2.45. The summed E-state index contributed by atoms with van der Waals surface area (Å²) in [5.74, 6) is 1.23. The Morgan fingerprint density at radius 3 is 2.60 bits per heavy atom. The van der Waals surface area contributed by atoms with Gasteiger partial charge in [0.1, 0.15) is 17.9 Å². The average molecular weight is 617 g/mol. The molecule has 1 aromatic carbocycles. The van der Waals surface area contributed by atoms with Gasteiger partial charge in [0.05, 0.1) is 17.5 Å². The Morgan fingerprint density at radius 1 is 1.19 bits per heavy atom. The fourth-order valence-corrected chi connectivity index (χ4v) is 7.88. The Labute approximate surface area is 255 Å². The van der Waals surface area contributed by atoms with Crippen molar-refractivity contribution < 1.29 is 22.3 Å². The zero-order valence-corrected chi connectivity index (χ0v) is 26.6. The summed E-state index contributed by atoms with van der Waals surface area (Å²) in [6.45, 7) is 12.8. The Balaban J connectivity index is 1.18. The van der Waals surface area contributed by atoms with E-state index in [1.807, 2.05) is 20.8 Å². The van der Waals surface area contributed by atoms with Crippen molar-refractivity contribution in [2.24, 2.45) is 11.3 Å². The van der Waals surface area contributed by atoms with Gasteiger partial charge in [-0.1, -0.05) is 0 Å². The van der Waals surface area contributed by atoms with Crippen molar-refractivity contribution in [2.45, 2.75) is 71.9 Å². The Bertz CT molecular complexity index is 1390. The zero-order chi connectivity index (χ0) is 30.8. The number of ether oxygens (including phenoxy) is 1. The lowest BCUT2D eigenvalue weighted by Gasteiger charge is -2.54. The fraction of sp³-hybridized carbons (Fsp3) is 0.645. The van der Waals surface area contributed by atoms with Gasteiger partial charge in [-0.25, -0.2) is 27.5 Å². The monoisotopic (exact) mass is 616 g/mol. The summed E-state index contributed by atoms with van der Waals surface area (Å²) in [5.41, 5.74) is 0.501. The standard InChI is InChI=1S/C31H45FN6O4S/c1-5-38(22(3)4)30(39)26-15-24(32)7-8-27(26)42-28-16-33-21-34-29(28)37-14-11-23(18-37)17-36-19-31(20-36)12-9-25(10-13-31)35-43(40,41)6-2/h7-8,15-16,21-23,25,35H,5-6,9-14,17-20H2,1-4H3/t23-/m0/s1. The van der Waals surface area contributed by atoms with Crippen LogP contribution in [0.4, 0.5) is 10.2 Å². The van der Waals surface area contributed by atoms with E-state index in [1.54, 1.807) is 18.0 Å². The molecule has 1 spiro atoms. The second kappa shape index (κ2) is 13.0. The minimum absolute atomic E-state index is 0.0382. The topological polar surface area (TPSA) is 108 Å². The third kappa shape index (κ3) is 7.29. The lowest BCUT2D eigenvalue weighted by Crippen LogP contribution is -2.59. The number of nitrogens with zero attached hydrogens (tertiary/aromatic N) is 5. The van der Waals surface area contributed by atoms with Crippen molar-refractivity contribution in [3.63, 3.8) is 0 Å². The summed E-state index contributed by atoms with van der Waals surface area (Å²) in [6, 6.07) is 4.05. The van der Waals surface area contributed by atoms with Gasteiger partial charge >= 0.3 is 0 Å². The molecule has 0 unspecified atom stereocenters. The van der Waals surface area contributed by atoms with Crippen LogP contribution in [-0.2, 0) is 10.0 Å². The molecule has 1 aromatic heterocycles. The van der Waals surface area contributed by atoms with Crippen LogP contribution in [-0.4, -0.2) is 91.2 Å². The molecule has 236 valence electrons. The van der Waals surface area contributed by atoms with Gasteiger partial charge in [-0.15, -0.1) is 0 Å². The Morgan fingerprint density at radius 2 is 1.93 bits per heavy atom. The SMILES string of the molecule is CCN(C(=O)c1cc(F)ccc1Oc1cncnc1N1CC[C@@H](CN2CC3(CCC(NS(=O)(=O)CC)CC3)C2)C1)C(C)C. The molecule has 1 saturated carbocycles. The minimum atomic E-state index is -3.15. The van der Waals surface area contributed by atoms with Crippen molar-refractivity contribution in [3.8, 4) is 11.5 Å². The number of carbonyl (C=O) groups is 1. The van der Waals surface area contributed by atoms with E-state index in [4.69, 9.17) is 4.74 Å². The summed E-state index contributed by atoms with van der Waals surface area (Å²) in [5, 5.41) is 0. The number of benzene rings is 1. The predicted molar refractivity (Wildman–Crippen MR) is 164 cm³/mol. The minimum Gasteiger partial charge on any atom is -0.451 e. The lowest BCUT2D eigenvalue weighted by molar-refractivity contribution is -0.0386. The molecule has 10 nitrogen and oxygen atoms in total. The summed E-state index contributed by atoms with van der Waals surface area (Å²) >= 11 is 0. The van der Waals surface area contributed by atoms with E-state index in [-0.39, 0.29) is 35.1 Å². The second-order valence-corrected chi connectivity index (χ2v) is 14.7. The summed E-state index contributed by atoms with van der Waals surface area (Å²) in [4.78, 5) is 28.4. The molecule has 3 heterocycles. The molecule has 3 fully saturated rings. The number of rotatable bonds is 11. The molecular formula is C31H45FN6O4S. The summed E-state index contributed by atoms with van der Waals surface area (Å²) < 4.78 is 47.2. The van der Waals surface area contributed by atoms with E-state index in [9.17, 15) is 17.6 Å². The van der Waals surface area contributed by atoms with Gasteiger partial charge < -0.3 is 19.4 Å². The molecule has 1 atom stereocenters. The van der Waals surface area contributed by atoms with E-state index in [2.05, 4.69) is 24.5 Å². The highest BCUT2D eigenvalue weighted by molar-refractivity contribution is 7.89. The fourth-order valence-electron chi connectivity index (χ4n) is 6.97. The molecule has 1 aliphatic carbocycles. The first-order valence-electron chi connectivity index (χ1n) is 15.6. The number of likely N-dealkylation sites (tertiary alicyclic amines) is 1. The lowest BCUT2D eigenvalue weighted by atomic mass is 9.67. The predicted octanol–water partition coefficient (Wildman–Crippen LogP) is 4.29. The number of hydrogen-bond donors (Lipinski definition) is 1. The molecule has 1 amide bonds. The maximum atomic E-state index is 14.2. The third-order valence-electron chi connectivity index (χ3n) is 9.27. The van der Waals surface area contributed by atoms with Crippen molar-refractivity contribution in [1.82, 2.24) is 24.5 Å². The van der Waals surface area contributed by atoms with Gasteiger partial charge in [-0.05, 0) is 89.3 Å². The van der Waals surface area contributed by atoms with E-state index in [0.717, 1.165) is 64.8 Å². The van der Waals surface area contributed by atoms with Crippen LogP contribution in [0.5, 0.6) is 11.5 Å². The molecule has 3 aliphatic rings. The number of hydrogen-bond acceptors (Lipinski definition) is 8. The van der Waals surface area contributed by atoms with Crippen molar-refractivity contribution >= 4 is 21.7 Å². The molecule has 2 aliphatic heterocycles. The maximum Gasteiger partial charge on any atom is 0.257 e. The summed E-state index contributed by atoms with van der Waals surface area (Å²) in [7, 11) is -3.15. The number of aromatic nitrogens is 2. The number of sulfonamides is 1. The molecule has 1 N–H and O–H groups in total. The molecule has 5 rings (SSSR count). The van der Waals surface area contributed by atoms with Crippen LogP contribution in [0.15, 0.2) is 30.7 Å². The van der Waals surface area contributed by atoms with Crippen molar-refractivity contribution in [2.75, 3.05) is 49.9 Å². The molecule has 2 aromatic rings. The quantitative estimate of drug-likeness (QED) is 0.399. The van der Waals surface area contributed by atoms with Crippen LogP contribution in [0.25, 0.3) is 0 Å². The van der Waals surface area contributed by atoms with Crippen LogP contribution < -0.4 is 14.4 Å². The number of amides is 1. The van der Waals surface area contributed by atoms with Crippen LogP contribution in [0.3, 0.4) is 0 Å². The maximum absolute atomic E-state index is 14.2.